The van der Waals surface area contributed by atoms with Crippen LogP contribution in [0, 0.1) is 0 Å². The Labute approximate surface area is 91.4 Å². The van der Waals surface area contributed by atoms with Crippen molar-refractivity contribution in [1.82, 2.24) is 14.5 Å². The second-order valence-corrected chi connectivity index (χ2v) is 2.74. The molecule has 5 nitrogen and oxygen atoms in total. The van der Waals surface area contributed by atoms with E-state index in [0.29, 0.717) is 11.2 Å². The van der Waals surface area contributed by atoms with Crippen LogP contribution in [0.4, 0.5) is 0 Å². The number of nitrogens with zero attached hydrogens (tertiary/aromatic N) is 3. The number of aromatic amines is 1. The van der Waals surface area contributed by atoms with Gasteiger partial charge >= 0.3 is 5.65 Å². The number of nitrogens with one attached hydrogen (secondary N) is 1. The van der Waals surface area contributed by atoms with Gasteiger partial charge in [0.15, 0.2) is 12.7 Å². The van der Waals surface area contributed by atoms with Crippen molar-refractivity contribution in [2.45, 2.75) is 0 Å². The zero-order valence-electron chi connectivity index (χ0n) is 7.28. The average molecular weight is 292 g/mol. The zero-order chi connectivity index (χ0) is 8.72. The first kappa shape index (κ1) is 10.2. The maximum absolute atomic E-state index is 11.3. The fourth-order valence-electron chi connectivity index (χ4n) is 1.33. The molecule has 2 heterocycles. The molecule has 0 fully saturated rings. The van der Waals surface area contributed by atoms with Crippen LogP contribution in [0.5, 0.6) is 0 Å². The van der Waals surface area contributed by atoms with Crippen LogP contribution in [0.3, 0.4) is 0 Å². The van der Waals surface area contributed by atoms with E-state index in [-0.39, 0.29) is 29.5 Å². The number of aryl methyl sites for hydroxylation is 2. The minimum absolute atomic E-state index is 0. The van der Waals surface area contributed by atoms with Crippen molar-refractivity contribution >= 4 is 11.2 Å². The summed E-state index contributed by atoms with van der Waals surface area (Å²) >= 11 is 0. The van der Waals surface area contributed by atoms with Gasteiger partial charge < -0.3 is 24.0 Å². The average Bonchev–Trinajstić information content (AvgIpc) is 2.29. The van der Waals surface area contributed by atoms with Gasteiger partial charge in [-0.15, -0.1) is 0 Å². The Hall–Kier alpha value is -0.920. The molecule has 70 valence electrons. The molecule has 0 aromatic carbocycles. The molecule has 0 aliphatic rings. The third-order valence-corrected chi connectivity index (χ3v) is 1.84. The van der Waals surface area contributed by atoms with Crippen molar-refractivity contribution in [2.24, 2.45) is 14.1 Å². The second kappa shape index (κ2) is 3.44. The van der Waals surface area contributed by atoms with Gasteiger partial charge in [-0.2, -0.15) is 0 Å². The molecule has 0 radical (unpaired) electrons. The molecule has 6 heteroatoms. The number of halogens is 1. The maximum atomic E-state index is 11.3. The standard InChI is InChI=1S/C7H8N4O.HI/c1-10-4-11(2)6-5(10)7(12)9-3-8-6;/h3-4H,1-2H3;1H. The summed E-state index contributed by atoms with van der Waals surface area (Å²) in [7, 11) is 3.67. The zero-order valence-corrected chi connectivity index (χ0v) is 9.44. The summed E-state index contributed by atoms with van der Waals surface area (Å²) in [6.07, 6.45) is 3.22. The smallest absolute Gasteiger partial charge is 0.308 e. The number of aromatic nitrogens is 4. The highest BCUT2D eigenvalue weighted by Gasteiger charge is 2.13. The molecule has 0 spiro atoms. The van der Waals surface area contributed by atoms with E-state index in [1.165, 1.54) is 6.33 Å². The van der Waals surface area contributed by atoms with Crippen LogP contribution >= 0.6 is 0 Å². The number of rotatable bonds is 0. The van der Waals surface area contributed by atoms with E-state index >= 15 is 0 Å². The van der Waals surface area contributed by atoms with Crippen LogP contribution in [0.25, 0.3) is 11.2 Å². The Morgan fingerprint density at radius 1 is 1.62 bits per heavy atom. The third kappa shape index (κ3) is 1.45. The lowest BCUT2D eigenvalue weighted by molar-refractivity contribution is -0.647. The minimum atomic E-state index is -0.108. The first-order valence-electron chi connectivity index (χ1n) is 3.58. The molecule has 0 atom stereocenters. The van der Waals surface area contributed by atoms with Crippen LogP contribution in [0.15, 0.2) is 17.4 Å². The van der Waals surface area contributed by atoms with Crippen molar-refractivity contribution in [2.75, 3.05) is 0 Å². The number of H-pyrrole nitrogens is 1. The van der Waals surface area contributed by atoms with Gasteiger partial charge in [0.1, 0.15) is 0 Å². The number of fused-ring (bicyclic) bond motifs is 1. The van der Waals surface area contributed by atoms with Crippen molar-refractivity contribution in [3.05, 3.63) is 23.0 Å². The molecule has 1 N–H and O–H groups in total. The van der Waals surface area contributed by atoms with Crippen molar-refractivity contribution in [3.63, 3.8) is 0 Å². The molecule has 2 rings (SSSR count). The van der Waals surface area contributed by atoms with E-state index in [4.69, 9.17) is 0 Å². The lowest BCUT2D eigenvalue weighted by Crippen LogP contribution is -3.00. The number of hydrogen-bond donors (Lipinski definition) is 1. The first-order chi connectivity index (χ1) is 5.70. The summed E-state index contributed by atoms with van der Waals surface area (Å²) < 4.78 is 3.56. The summed E-state index contributed by atoms with van der Waals surface area (Å²) in [5.41, 5.74) is 1.18. The largest absolute Gasteiger partial charge is 1.00 e. The summed E-state index contributed by atoms with van der Waals surface area (Å²) in [5, 5.41) is 0. The van der Waals surface area contributed by atoms with E-state index < -0.39 is 0 Å². The number of imidazole rings is 1. The minimum Gasteiger partial charge on any atom is -1.00 e. The lowest BCUT2D eigenvalue weighted by atomic mass is 10.5. The molecule has 0 aliphatic heterocycles. The van der Waals surface area contributed by atoms with Crippen molar-refractivity contribution in [1.29, 1.82) is 0 Å². The lowest BCUT2D eigenvalue weighted by Gasteiger charge is -1.82. The molecule has 0 saturated carbocycles. The van der Waals surface area contributed by atoms with Crippen molar-refractivity contribution < 1.29 is 28.5 Å². The molecule has 13 heavy (non-hydrogen) atoms. The topological polar surface area (TPSA) is 54.6 Å². The Morgan fingerprint density at radius 3 is 2.92 bits per heavy atom. The van der Waals surface area contributed by atoms with Gasteiger partial charge in [-0.3, -0.25) is 14.3 Å². The monoisotopic (exact) mass is 292 g/mol. The molecular weight excluding hydrogens is 283 g/mol. The molecular formula is C7H9IN4O. The molecule has 0 saturated heterocycles. The predicted octanol–water partition coefficient (Wildman–Crippen LogP) is -3.91. The van der Waals surface area contributed by atoms with Crippen LogP contribution in [0.1, 0.15) is 0 Å². The van der Waals surface area contributed by atoms with E-state index in [1.807, 2.05) is 25.0 Å². The first-order valence-corrected chi connectivity index (χ1v) is 3.58. The van der Waals surface area contributed by atoms with Gasteiger partial charge in [0, 0.05) is 0 Å². The van der Waals surface area contributed by atoms with Crippen molar-refractivity contribution in [3.8, 4) is 0 Å². The summed E-state index contributed by atoms with van der Waals surface area (Å²) in [5.74, 6) is 0. The Kier molecular flexibility index (Phi) is 2.69. The SMILES string of the molecule is Cn1c[n+](C)c2nc[nH]c(=O)c21.[I-]. The molecule has 2 aromatic rings. The molecule has 0 bridgehead atoms. The Balaban J connectivity index is 0.000000845. The Morgan fingerprint density at radius 2 is 2.31 bits per heavy atom. The van der Waals surface area contributed by atoms with E-state index in [1.54, 1.807) is 4.57 Å². The van der Waals surface area contributed by atoms with Crippen LogP contribution < -0.4 is 34.1 Å². The van der Waals surface area contributed by atoms with Crippen LogP contribution in [-0.2, 0) is 14.1 Å². The van der Waals surface area contributed by atoms with Crippen LogP contribution in [-0.4, -0.2) is 14.5 Å². The highest BCUT2D eigenvalue weighted by Crippen LogP contribution is 1.96. The van der Waals surface area contributed by atoms with Gasteiger partial charge in [0.05, 0.1) is 14.1 Å². The molecule has 2 aromatic heterocycles. The highest BCUT2D eigenvalue weighted by atomic mass is 127. The van der Waals surface area contributed by atoms with Gasteiger partial charge in [0.2, 0.25) is 5.52 Å². The quantitative estimate of drug-likeness (QED) is 0.398. The summed E-state index contributed by atoms with van der Waals surface area (Å²) in [6, 6.07) is 0. The summed E-state index contributed by atoms with van der Waals surface area (Å²) in [4.78, 5) is 17.9. The van der Waals surface area contributed by atoms with Crippen LogP contribution in [0.2, 0.25) is 0 Å². The highest BCUT2D eigenvalue weighted by molar-refractivity contribution is 5.64. The van der Waals surface area contributed by atoms with Gasteiger partial charge in [-0.25, -0.2) is 4.57 Å². The van der Waals surface area contributed by atoms with E-state index in [2.05, 4.69) is 9.97 Å². The van der Waals surface area contributed by atoms with E-state index in [0.717, 1.165) is 0 Å². The fraction of sp³-hybridized carbons (Fsp3) is 0.286. The van der Waals surface area contributed by atoms with Gasteiger partial charge in [-0.05, 0) is 0 Å². The molecule has 0 aliphatic carbocycles. The normalized spacial score (nSPS) is 10.0. The van der Waals surface area contributed by atoms with Gasteiger partial charge in [0.25, 0.3) is 5.56 Å². The maximum Gasteiger partial charge on any atom is 0.308 e. The molecule has 0 unspecified atom stereocenters. The second-order valence-electron chi connectivity index (χ2n) is 2.74. The predicted molar refractivity (Wildman–Crippen MR) is 42.5 cm³/mol. The Bertz CT molecular complexity index is 487. The molecule has 0 amide bonds. The van der Waals surface area contributed by atoms with Gasteiger partial charge in [-0.1, -0.05) is 4.98 Å². The van der Waals surface area contributed by atoms with E-state index in [9.17, 15) is 4.79 Å². The fourth-order valence-corrected chi connectivity index (χ4v) is 1.33. The summed E-state index contributed by atoms with van der Waals surface area (Å²) in [6.45, 7) is 0. The third-order valence-electron chi connectivity index (χ3n) is 1.84. The number of hydrogen-bond acceptors (Lipinski definition) is 2.